The van der Waals surface area contributed by atoms with Gasteiger partial charge in [-0.3, -0.25) is 9.59 Å². The van der Waals surface area contributed by atoms with Gasteiger partial charge in [0.05, 0.1) is 6.04 Å². The van der Waals surface area contributed by atoms with E-state index in [0.717, 1.165) is 6.42 Å². The van der Waals surface area contributed by atoms with E-state index < -0.39 is 12.0 Å². The van der Waals surface area contributed by atoms with Gasteiger partial charge in [-0.05, 0) is 12.8 Å². The first-order valence-corrected chi connectivity index (χ1v) is 4.33. The number of hydrogen-bond donors (Lipinski definition) is 3. The molecule has 0 saturated carbocycles. The summed E-state index contributed by atoms with van der Waals surface area (Å²) in [5, 5.41) is 10.9. The molecule has 0 aliphatic rings. The molecule has 0 aliphatic carbocycles. The van der Waals surface area contributed by atoms with Gasteiger partial charge in [-0.15, -0.1) is 0 Å². The zero-order valence-electron chi connectivity index (χ0n) is 7.75. The Morgan fingerprint density at radius 2 is 2.15 bits per heavy atom. The smallest absolute Gasteiger partial charge is 0.303 e. The number of nitrogens with two attached hydrogens (primary N) is 1. The summed E-state index contributed by atoms with van der Waals surface area (Å²) in [6.45, 7) is 2.52. The number of carbonyl (C=O) groups is 2. The fourth-order valence-corrected chi connectivity index (χ4v) is 0.789. The van der Waals surface area contributed by atoms with Crippen LogP contribution in [0.5, 0.6) is 0 Å². The molecule has 0 aliphatic heterocycles. The normalized spacial score (nSPS) is 12.2. The average Bonchev–Trinajstić information content (AvgIpc) is 2.10. The highest BCUT2D eigenvalue weighted by atomic mass is 16.4. The monoisotopic (exact) mass is 188 g/mol. The fourth-order valence-electron chi connectivity index (χ4n) is 0.789. The van der Waals surface area contributed by atoms with Gasteiger partial charge in [-0.25, -0.2) is 0 Å². The number of rotatable bonds is 6. The van der Waals surface area contributed by atoms with Gasteiger partial charge in [-0.2, -0.15) is 0 Å². The summed E-state index contributed by atoms with van der Waals surface area (Å²) in [5.41, 5.74) is 5.43. The van der Waals surface area contributed by atoms with Crippen molar-refractivity contribution in [1.29, 1.82) is 0 Å². The van der Waals surface area contributed by atoms with Gasteiger partial charge in [-0.1, -0.05) is 6.92 Å². The molecule has 1 atom stereocenters. The molecule has 0 unspecified atom stereocenters. The van der Waals surface area contributed by atoms with Crippen LogP contribution in [0.15, 0.2) is 0 Å². The molecule has 4 N–H and O–H groups in total. The molecular formula is C8H16N2O3. The van der Waals surface area contributed by atoms with Gasteiger partial charge in [0.25, 0.3) is 0 Å². The minimum absolute atomic E-state index is 0.0687. The molecule has 13 heavy (non-hydrogen) atoms. The zero-order valence-corrected chi connectivity index (χ0v) is 7.75. The van der Waals surface area contributed by atoms with Crippen molar-refractivity contribution in [3.05, 3.63) is 0 Å². The van der Waals surface area contributed by atoms with Gasteiger partial charge in [0.2, 0.25) is 5.91 Å². The van der Waals surface area contributed by atoms with E-state index in [9.17, 15) is 9.59 Å². The van der Waals surface area contributed by atoms with E-state index in [1.54, 1.807) is 0 Å². The molecule has 0 heterocycles. The summed E-state index contributed by atoms with van der Waals surface area (Å²) in [6, 6.07) is -0.706. The lowest BCUT2D eigenvalue weighted by Crippen LogP contribution is -2.41. The Hall–Kier alpha value is -1.10. The van der Waals surface area contributed by atoms with Crippen LogP contribution in [-0.4, -0.2) is 29.6 Å². The van der Waals surface area contributed by atoms with E-state index in [2.05, 4.69) is 5.32 Å². The average molecular weight is 188 g/mol. The standard InChI is InChI=1S/C8H16N2O3/c1-2-5-10-8(13)6(9)3-4-7(11)12/h6H,2-5,9H2,1H3,(H,10,13)(H,11,12)/t6-/m0/s1. The van der Waals surface area contributed by atoms with E-state index >= 15 is 0 Å². The summed E-state index contributed by atoms with van der Waals surface area (Å²) < 4.78 is 0. The van der Waals surface area contributed by atoms with Crippen molar-refractivity contribution in [2.75, 3.05) is 6.54 Å². The van der Waals surface area contributed by atoms with Gasteiger partial charge >= 0.3 is 5.97 Å². The SMILES string of the molecule is CCCNC(=O)[C@@H](N)CCC(=O)O. The van der Waals surface area contributed by atoms with Crippen LogP contribution in [0.25, 0.3) is 0 Å². The quantitative estimate of drug-likeness (QED) is 0.533. The molecule has 1 amide bonds. The van der Waals surface area contributed by atoms with Crippen molar-refractivity contribution in [2.24, 2.45) is 5.73 Å². The highest BCUT2D eigenvalue weighted by Gasteiger charge is 2.13. The summed E-state index contributed by atoms with van der Waals surface area (Å²) in [6.07, 6.45) is 0.961. The van der Waals surface area contributed by atoms with Gasteiger partial charge in [0.1, 0.15) is 0 Å². The molecule has 5 heteroatoms. The predicted molar refractivity (Wildman–Crippen MR) is 48.1 cm³/mol. The molecule has 0 spiro atoms. The Labute approximate surface area is 77.3 Å². The lowest BCUT2D eigenvalue weighted by atomic mass is 10.1. The second-order valence-corrected chi connectivity index (χ2v) is 2.83. The number of carbonyl (C=O) groups excluding carboxylic acids is 1. The molecule has 0 aromatic rings. The zero-order chi connectivity index (χ0) is 10.3. The first-order chi connectivity index (χ1) is 6.07. The molecular weight excluding hydrogens is 172 g/mol. The lowest BCUT2D eigenvalue weighted by molar-refractivity contribution is -0.137. The van der Waals surface area contributed by atoms with Crippen LogP contribution in [0.4, 0.5) is 0 Å². The number of nitrogens with one attached hydrogen (secondary N) is 1. The third kappa shape index (κ3) is 6.10. The van der Waals surface area contributed by atoms with Crippen molar-refractivity contribution < 1.29 is 14.7 Å². The summed E-state index contributed by atoms with van der Waals surface area (Å²) in [5.74, 6) is -1.21. The molecule has 0 saturated heterocycles. The molecule has 0 rings (SSSR count). The Balaban J connectivity index is 3.62. The summed E-state index contributed by atoms with van der Waals surface area (Å²) in [7, 11) is 0. The molecule has 0 bridgehead atoms. The van der Waals surface area contributed by atoms with Crippen molar-refractivity contribution in [3.63, 3.8) is 0 Å². The second-order valence-electron chi connectivity index (χ2n) is 2.83. The Morgan fingerprint density at radius 1 is 1.54 bits per heavy atom. The van der Waals surface area contributed by atoms with E-state index in [-0.39, 0.29) is 18.7 Å². The molecule has 0 aromatic carbocycles. The van der Waals surface area contributed by atoms with Crippen molar-refractivity contribution in [1.82, 2.24) is 5.32 Å². The van der Waals surface area contributed by atoms with Crippen molar-refractivity contribution in [3.8, 4) is 0 Å². The minimum atomic E-state index is -0.932. The maximum absolute atomic E-state index is 11.1. The Kier molecular flexibility index (Phi) is 5.88. The lowest BCUT2D eigenvalue weighted by Gasteiger charge is -2.09. The van der Waals surface area contributed by atoms with Crippen LogP contribution in [0, 0.1) is 0 Å². The maximum Gasteiger partial charge on any atom is 0.303 e. The fraction of sp³-hybridized carbons (Fsp3) is 0.750. The summed E-state index contributed by atoms with van der Waals surface area (Å²) in [4.78, 5) is 21.2. The Bertz CT molecular complexity index is 182. The van der Waals surface area contributed by atoms with Gasteiger partial charge < -0.3 is 16.2 Å². The summed E-state index contributed by atoms with van der Waals surface area (Å²) >= 11 is 0. The minimum Gasteiger partial charge on any atom is -0.481 e. The molecule has 0 fully saturated rings. The molecule has 76 valence electrons. The topological polar surface area (TPSA) is 92.4 Å². The molecule has 5 nitrogen and oxygen atoms in total. The third-order valence-electron chi connectivity index (χ3n) is 1.56. The molecule has 0 aromatic heterocycles. The van der Waals surface area contributed by atoms with Gasteiger partial charge in [0.15, 0.2) is 0 Å². The maximum atomic E-state index is 11.1. The van der Waals surface area contributed by atoms with Crippen LogP contribution in [0.2, 0.25) is 0 Å². The van der Waals surface area contributed by atoms with Crippen LogP contribution in [0.1, 0.15) is 26.2 Å². The highest BCUT2D eigenvalue weighted by molar-refractivity contribution is 5.82. The molecule has 0 radical (unpaired) electrons. The largest absolute Gasteiger partial charge is 0.481 e. The van der Waals surface area contributed by atoms with E-state index in [0.29, 0.717) is 6.54 Å². The van der Waals surface area contributed by atoms with E-state index in [1.807, 2.05) is 6.92 Å². The van der Waals surface area contributed by atoms with Crippen molar-refractivity contribution >= 4 is 11.9 Å². The third-order valence-corrected chi connectivity index (χ3v) is 1.56. The number of carboxylic acid groups (broad SMARTS) is 1. The number of hydrogen-bond acceptors (Lipinski definition) is 3. The van der Waals surface area contributed by atoms with E-state index in [4.69, 9.17) is 10.8 Å². The highest BCUT2D eigenvalue weighted by Crippen LogP contribution is 1.94. The van der Waals surface area contributed by atoms with Crippen LogP contribution in [-0.2, 0) is 9.59 Å². The second kappa shape index (κ2) is 6.42. The number of aliphatic carboxylic acids is 1. The van der Waals surface area contributed by atoms with E-state index in [1.165, 1.54) is 0 Å². The van der Waals surface area contributed by atoms with Crippen LogP contribution in [0.3, 0.4) is 0 Å². The predicted octanol–water partition coefficient (Wildman–Crippen LogP) is -0.295. The first-order valence-electron chi connectivity index (χ1n) is 4.33. The van der Waals surface area contributed by atoms with Gasteiger partial charge in [0, 0.05) is 13.0 Å². The van der Waals surface area contributed by atoms with Crippen molar-refractivity contribution in [2.45, 2.75) is 32.2 Å². The number of amides is 1. The first kappa shape index (κ1) is 11.9. The van der Waals surface area contributed by atoms with Crippen LogP contribution >= 0.6 is 0 Å². The number of carboxylic acids is 1. The Morgan fingerprint density at radius 3 is 2.62 bits per heavy atom. The van der Waals surface area contributed by atoms with Crippen LogP contribution < -0.4 is 11.1 Å².